The van der Waals surface area contributed by atoms with Crippen molar-refractivity contribution in [2.75, 3.05) is 30.9 Å². The van der Waals surface area contributed by atoms with Crippen LogP contribution < -0.4 is 20.1 Å². The van der Waals surface area contributed by atoms with E-state index in [1.54, 1.807) is 25.3 Å². The first-order valence-electron chi connectivity index (χ1n) is 8.23. The summed E-state index contributed by atoms with van der Waals surface area (Å²) in [6, 6.07) is 12.7. The van der Waals surface area contributed by atoms with Crippen molar-refractivity contribution in [1.29, 1.82) is 0 Å². The second-order valence-corrected chi connectivity index (χ2v) is 5.86. The molecule has 5 nitrogen and oxygen atoms in total. The van der Waals surface area contributed by atoms with Gasteiger partial charge in [-0.3, -0.25) is 4.79 Å². The normalized spacial score (nSPS) is 10.2. The molecule has 1 amide bonds. The van der Waals surface area contributed by atoms with Crippen LogP contribution in [0, 0.1) is 0 Å². The molecule has 2 aromatic rings. The molecule has 0 aliphatic heterocycles. The van der Waals surface area contributed by atoms with E-state index in [4.69, 9.17) is 21.1 Å². The molecule has 0 unspecified atom stereocenters. The summed E-state index contributed by atoms with van der Waals surface area (Å²) in [7, 11) is 1.56. The summed E-state index contributed by atoms with van der Waals surface area (Å²) >= 11 is 6.07. The van der Waals surface area contributed by atoms with E-state index in [-0.39, 0.29) is 12.5 Å². The largest absolute Gasteiger partial charge is 0.495 e. The van der Waals surface area contributed by atoms with Gasteiger partial charge in [-0.15, -0.1) is 0 Å². The van der Waals surface area contributed by atoms with Crippen molar-refractivity contribution in [3.05, 3.63) is 47.5 Å². The Morgan fingerprint density at radius 1 is 1.16 bits per heavy atom. The Bertz CT molecular complexity index is 707. The van der Waals surface area contributed by atoms with E-state index in [0.717, 1.165) is 18.5 Å². The second kappa shape index (κ2) is 9.79. The fraction of sp³-hybridized carbons (Fsp3) is 0.316. The first-order valence-corrected chi connectivity index (χ1v) is 8.61. The van der Waals surface area contributed by atoms with Crippen LogP contribution in [0.25, 0.3) is 0 Å². The Morgan fingerprint density at radius 3 is 2.68 bits per heavy atom. The molecule has 2 rings (SSSR count). The molecule has 2 N–H and O–H groups in total. The molecule has 0 saturated heterocycles. The fourth-order valence-electron chi connectivity index (χ4n) is 2.18. The van der Waals surface area contributed by atoms with Gasteiger partial charge in [0.1, 0.15) is 11.5 Å². The van der Waals surface area contributed by atoms with Crippen LogP contribution in [0.2, 0.25) is 5.02 Å². The minimum absolute atomic E-state index is 0.117. The monoisotopic (exact) mass is 362 g/mol. The highest BCUT2D eigenvalue weighted by molar-refractivity contribution is 6.32. The van der Waals surface area contributed by atoms with Gasteiger partial charge in [-0.05, 0) is 36.8 Å². The van der Waals surface area contributed by atoms with E-state index < -0.39 is 0 Å². The molecule has 0 heterocycles. The molecule has 0 fully saturated rings. The summed E-state index contributed by atoms with van der Waals surface area (Å²) in [6.45, 7) is 2.85. The third kappa shape index (κ3) is 5.87. The maximum Gasteiger partial charge on any atom is 0.243 e. The summed E-state index contributed by atoms with van der Waals surface area (Å²) in [5.74, 6) is 1.10. The Balaban J connectivity index is 1.91. The third-order valence-electron chi connectivity index (χ3n) is 3.52. The highest BCUT2D eigenvalue weighted by Gasteiger charge is 2.08. The Hall–Kier alpha value is -2.40. The van der Waals surface area contributed by atoms with Crippen LogP contribution in [0.4, 0.5) is 11.4 Å². The molecule has 0 aromatic heterocycles. The Morgan fingerprint density at radius 2 is 1.96 bits per heavy atom. The molecule has 6 heteroatoms. The molecule has 0 aliphatic carbocycles. The van der Waals surface area contributed by atoms with E-state index in [0.29, 0.717) is 28.8 Å². The number of hydrogen-bond acceptors (Lipinski definition) is 4. The molecular formula is C19H23ClN2O3. The number of rotatable bonds is 9. The van der Waals surface area contributed by atoms with E-state index >= 15 is 0 Å². The van der Waals surface area contributed by atoms with Gasteiger partial charge in [0.2, 0.25) is 5.91 Å². The highest BCUT2D eigenvalue weighted by atomic mass is 35.5. The molecule has 0 aliphatic rings. The van der Waals surface area contributed by atoms with Gasteiger partial charge in [-0.1, -0.05) is 37.1 Å². The van der Waals surface area contributed by atoms with Gasteiger partial charge in [0.25, 0.3) is 0 Å². The molecule has 0 atom stereocenters. The number of hydrogen-bond donors (Lipinski definition) is 2. The zero-order valence-electron chi connectivity index (χ0n) is 14.5. The van der Waals surface area contributed by atoms with Crippen LogP contribution >= 0.6 is 11.6 Å². The van der Waals surface area contributed by atoms with Gasteiger partial charge >= 0.3 is 0 Å². The van der Waals surface area contributed by atoms with Crippen molar-refractivity contribution >= 4 is 28.9 Å². The van der Waals surface area contributed by atoms with Crippen molar-refractivity contribution in [3.63, 3.8) is 0 Å². The van der Waals surface area contributed by atoms with Gasteiger partial charge in [-0.2, -0.15) is 0 Å². The quantitative estimate of drug-likeness (QED) is 0.641. The molecule has 134 valence electrons. The van der Waals surface area contributed by atoms with Crippen molar-refractivity contribution < 1.29 is 14.3 Å². The van der Waals surface area contributed by atoms with E-state index in [1.165, 1.54) is 0 Å². The summed E-state index contributed by atoms with van der Waals surface area (Å²) in [5.41, 5.74) is 1.41. The van der Waals surface area contributed by atoms with Gasteiger partial charge in [0.15, 0.2) is 0 Å². The SMILES string of the molecule is CCCCOc1ccccc1NC(=O)CNc1ccc(OC)c(Cl)c1. The zero-order valence-corrected chi connectivity index (χ0v) is 15.2. The fourth-order valence-corrected chi connectivity index (χ4v) is 2.43. The predicted molar refractivity (Wildman–Crippen MR) is 102 cm³/mol. The molecule has 0 bridgehead atoms. The number of methoxy groups -OCH3 is 1. The number of carbonyl (C=O) groups excluding carboxylic acids is 1. The van der Waals surface area contributed by atoms with Crippen LogP contribution in [0.1, 0.15) is 19.8 Å². The summed E-state index contributed by atoms with van der Waals surface area (Å²) in [5, 5.41) is 6.38. The van der Waals surface area contributed by atoms with Crippen LogP contribution in [-0.2, 0) is 4.79 Å². The first-order chi connectivity index (χ1) is 12.1. The van der Waals surface area contributed by atoms with Gasteiger partial charge in [0.05, 0.1) is 31.0 Å². The molecule has 0 spiro atoms. The Labute approximate surface area is 153 Å². The molecule has 2 aromatic carbocycles. The minimum atomic E-state index is -0.168. The zero-order chi connectivity index (χ0) is 18.1. The molecular weight excluding hydrogens is 340 g/mol. The lowest BCUT2D eigenvalue weighted by atomic mass is 10.2. The van der Waals surface area contributed by atoms with Crippen LogP contribution in [0.5, 0.6) is 11.5 Å². The minimum Gasteiger partial charge on any atom is -0.495 e. The van der Waals surface area contributed by atoms with Crippen molar-refractivity contribution in [1.82, 2.24) is 0 Å². The van der Waals surface area contributed by atoms with Crippen molar-refractivity contribution in [2.24, 2.45) is 0 Å². The lowest BCUT2D eigenvalue weighted by Crippen LogP contribution is -2.22. The highest BCUT2D eigenvalue weighted by Crippen LogP contribution is 2.27. The second-order valence-electron chi connectivity index (χ2n) is 5.45. The predicted octanol–water partition coefficient (Wildman–Crippen LogP) is 4.58. The molecule has 0 saturated carbocycles. The van der Waals surface area contributed by atoms with Gasteiger partial charge in [0, 0.05) is 5.69 Å². The molecule has 25 heavy (non-hydrogen) atoms. The number of ether oxygens (including phenoxy) is 2. The van der Waals surface area contributed by atoms with Crippen LogP contribution in [0.3, 0.4) is 0 Å². The summed E-state index contributed by atoms with van der Waals surface area (Å²) < 4.78 is 10.8. The smallest absolute Gasteiger partial charge is 0.243 e. The van der Waals surface area contributed by atoms with Crippen molar-refractivity contribution in [3.8, 4) is 11.5 Å². The molecule has 0 radical (unpaired) electrons. The average Bonchev–Trinajstić information content (AvgIpc) is 2.62. The van der Waals surface area contributed by atoms with Crippen LogP contribution in [-0.4, -0.2) is 26.2 Å². The topological polar surface area (TPSA) is 59.6 Å². The van der Waals surface area contributed by atoms with E-state index in [2.05, 4.69) is 17.6 Å². The number of carbonyl (C=O) groups is 1. The number of para-hydroxylation sites is 2. The van der Waals surface area contributed by atoms with E-state index in [1.807, 2.05) is 24.3 Å². The number of benzene rings is 2. The summed E-state index contributed by atoms with van der Waals surface area (Å²) in [4.78, 5) is 12.2. The Kier molecular flexibility index (Phi) is 7.41. The van der Waals surface area contributed by atoms with Gasteiger partial charge < -0.3 is 20.1 Å². The van der Waals surface area contributed by atoms with E-state index in [9.17, 15) is 4.79 Å². The number of unbranched alkanes of at least 4 members (excludes halogenated alkanes) is 1. The number of nitrogens with one attached hydrogen (secondary N) is 2. The maximum absolute atomic E-state index is 12.2. The average molecular weight is 363 g/mol. The number of amides is 1. The van der Waals surface area contributed by atoms with Crippen LogP contribution in [0.15, 0.2) is 42.5 Å². The number of halogens is 1. The summed E-state index contributed by atoms with van der Waals surface area (Å²) in [6.07, 6.45) is 2.03. The maximum atomic E-state index is 12.2. The lowest BCUT2D eigenvalue weighted by Gasteiger charge is -2.13. The third-order valence-corrected chi connectivity index (χ3v) is 3.82. The standard InChI is InChI=1S/C19H23ClN2O3/c1-3-4-11-25-18-8-6-5-7-16(18)22-19(23)13-21-14-9-10-17(24-2)15(20)12-14/h5-10,12,21H,3-4,11,13H2,1-2H3,(H,22,23). The first kappa shape index (κ1) is 18.9. The number of anilines is 2. The lowest BCUT2D eigenvalue weighted by molar-refractivity contribution is -0.114. The van der Waals surface area contributed by atoms with Crippen molar-refractivity contribution in [2.45, 2.75) is 19.8 Å². The van der Waals surface area contributed by atoms with Gasteiger partial charge in [-0.25, -0.2) is 0 Å².